The maximum Gasteiger partial charge on any atom is 0.341 e. The molecule has 0 spiro atoms. The molecule has 1 heterocycles. The highest BCUT2D eigenvalue weighted by Gasteiger charge is 1.98. The van der Waals surface area contributed by atoms with Gasteiger partial charge in [0.05, 0.1) is 17.2 Å². The summed E-state index contributed by atoms with van der Waals surface area (Å²) < 4.78 is 1.72. The molecule has 1 aromatic heterocycles. The molecule has 0 atom stereocenters. The number of aromatic nitrogens is 2. The van der Waals surface area contributed by atoms with E-state index in [2.05, 4.69) is 15.4 Å². The van der Waals surface area contributed by atoms with Crippen LogP contribution in [-0.2, 0) is 6.54 Å². The summed E-state index contributed by atoms with van der Waals surface area (Å²) in [6.45, 7) is 0.452. The summed E-state index contributed by atoms with van der Waals surface area (Å²) in [6.07, 6.45) is 3.34. The predicted octanol–water partition coefficient (Wildman–Crippen LogP) is 2.68. The van der Waals surface area contributed by atoms with Crippen molar-refractivity contribution in [3.05, 3.63) is 90.0 Å². The van der Waals surface area contributed by atoms with E-state index >= 15 is 0 Å². The average Bonchev–Trinajstić information content (AvgIpc) is 2.62. The van der Waals surface area contributed by atoms with Crippen LogP contribution in [0.5, 0.6) is 0 Å². The highest BCUT2D eigenvalue weighted by molar-refractivity contribution is 5.74. The monoisotopic (exact) mass is 304 g/mol. The second kappa shape index (κ2) is 7.17. The zero-order valence-electron chi connectivity index (χ0n) is 12.5. The number of urea groups is 1. The van der Waals surface area contributed by atoms with E-state index in [-0.39, 0.29) is 6.03 Å². The van der Waals surface area contributed by atoms with Gasteiger partial charge in [-0.05, 0) is 23.8 Å². The van der Waals surface area contributed by atoms with Gasteiger partial charge < -0.3 is 5.32 Å². The minimum atomic E-state index is -0.381. The molecule has 0 bridgehead atoms. The summed E-state index contributed by atoms with van der Waals surface area (Å²) in [5, 5.41) is 7.53. The lowest BCUT2D eigenvalue weighted by atomic mass is 10.2. The van der Waals surface area contributed by atoms with E-state index in [9.17, 15) is 4.79 Å². The fraction of sp³-hybridized carbons (Fsp3) is 0.0556. The van der Waals surface area contributed by atoms with Crippen LogP contribution in [0, 0.1) is 0 Å². The number of nitrogens with zero attached hydrogens (tertiary/aromatic N) is 3. The third-order valence-electron chi connectivity index (χ3n) is 3.24. The van der Waals surface area contributed by atoms with Crippen LogP contribution in [0.15, 0.2) is 84.1 Å². The molecular formula is C18H16N4O. The van der Waals surface area contributed by atoms with Gasteiger partial charge in [-0.15, -0.1) is 0 Å². The van der Waals surface area contributed by atoms with E-state index < -0.39 is 0 Å². The summed E-state index contributed by atoms with van der Waals surface area (Å²) in [4.78, 5) is 15.8. The van der Waals surface area contributed by atoms with Crippen LogP contribution in [-0.4, -0.2) is 15.8 Å². The first-order valence-corrected chi connectivity index (χ1v) is 7.28. The Kier molecular flexibility index (Phi) is 4.59. The highest BCUT2D eigenvalue weighted by Crippen LogP contribution is 2.02. The van der Waals surface area contributed by atoms with E-state index in [4.69, 9.17) is 0 Å². The standard InChI is InChI=1S/C18H16N4O/c23-18(19-13-15-7-3-1-4-8-15)21-16-11-12-22(20-14-16)17-9-5-2-6-10-17/h1-12,14H,13H2,(H,19,23). The van der Waals surface area contributed by atoms with Gasteiger partial charge in [0.1, 0.15) is 0 Å². The first-order chi connectivity index (χ1) is 11.3. The molecule has 0 aliphatic rings. The molecule has 2 aromatic carbocycles. The number of nitrogens with one attached hydrogen (secondary N) is 1. The Morgan fingerprint density at radius 2 is 1.70 bits per heavy atom. The Morgan fingerprint density at radius 1 is 1.00 bits per heavy atom. The second-order valence-electron chi connectivity index (χ2n) is 4.92. The molecule has 2 amide bonds. The summed E-state index contributed by atoms with van der Waals surface area (Å²) in [5.41, 5.74) is 1.98. The van der Waals surface area contributed by atoms with Gasteiger partial charge in [-0.1, -0.05) is 48.5 Å². The minimum Gasteiger partial charge on any atom is -0.332 e. The van der Waals surface area contributed by atoms with Crippen molar-refractivity contribution in [1.82, 2.24) is 15.1 Å². The van der Waals surface area contributed by atoms with Crippen LogP contribution < -0.4 is 10.7 Å². The van der Waals surface area contributed by atoms with Gasteiger partial charge in [0.25, 0.3) is 0 Å². The first-order valence-electron chi connectivity index (χ1n) is 7.28. The van der Waals surface area contributed by atoms with E-state index in [1.165, 1.54) is 0 Å². The van der Waals surface area contributed by atoms with Crippen LogP contribution in [0.2, 0.25) is 0 Å². The first kappa shape index (κ1) is 14.7. The summed E-state index contributed by atoms with van der Waals surface area (Å²) in [7, 11) is 0. The molecule has 0 unspecified atom stereocenters. The zero-order chi connectivity index (χ0) is 15.9. The Bertz CT molecular complexity index is 821. The normalized spacial score (nSPS) is 11.2. The Labute approximate surface area is 133 Å². The number of hydrogen-bond donors (Lipinski definition) is 1. The molecule has 3 aromatic rings. The van der Waals surface area contributed by atoms with Crippen molar-refractivity contribution in [2.45, 2.75) is 6.54 Å². The number of carbonyl (C=O) groups is 1. The number of para-hydroxylation sites is 1. The topological polar surface area (TPSA) is 59.3 Å². The summed E-state index contributed by atoms with van der Waals surface area (Å²) in [6, 6.07) is 20.8. The zero-order valence-corrected chi connectivity index (χ0v) is 12.5. The van der Waals surface area contributed by atoms with E-state index in [1.54, 1.807) is 23.1 Å². The third-order valence-corrected chi connectivity index (χ3v) is 3.24. The fourth-order valence-corrected chi connectivity index (χ4v) is 2.08. The van der Waals surface area contributed by atoms with Gasteiger partial charge in [0, 0.05) is 12.7 Å². The largest absolute Gasteiger partial charge is 0.341 e. The molecule has 23 heavy (non-hydrogen) atoms. The molecule has 0 aliphatic heterocycles. The molecule has 5 heteroatoms. The van der Waals surface area contributed by atoms with Gasteiger partial charge in [0.15, 0.2) is 0 Å². The van der Waals surface area contributed by atoms with Gasteiger partial charge in [-0.2, -0.15) is 10.1 Å². The lowest BCUT2D eigenvalue weighted by Gasteiger charge is -2.03. The number of carbonyl (C=O) groups excluding carboxylic acids is 1. The predicted molar refractivity (Wildman–Crippen MR) is 87.8 cm³/mol. The lowest BCUT2D eigenvalue weighted by Crippen LogP contribution is -2.22. The second-order valence-corrected chi connectivity index (χ2v) is 4.92. The molecule has 1 N–H and O–H groups in total. The molecular weight excluding hydrogens is 288 g/mol. The van der Waals surface area contributed by atoms with Gasteiger partial charge >= 0.3 is 6.03 Å². The summed E-state index contributed by atoms with van der Waals surface area (Å²) in [5.74, 6) is 0. The van der Waals surface area contributed by atoms with Crippen molar-refractivity contribution in [1.29, 1.82) is 0 Å². The molecule has 0 saturated heterocycles. The Hall–Kier alpha value is -3.21. The Morgan fingerprint density at radius 3 is 2.35 bits per heavy atom. The smallest absolute Gasteiger partial charge is 0.332 e. The quantitative estimate of drug-likeness (QED) is 0.808. The van der Waals surface area contributed by atoms with Gasteiger partial charge in [0.2, 0.25) is 0 Å². The number of hydrogen-bond acceptors (Lipinski definition) is 2. The van der Waals surface area contributed by atoms with Crippen molar-refractivity contribution in [2.24, 2.45) is 4.99 Å². The maximum absolute atomic E-state index is 11.8. The van der Waals surface area contributed by atoms with Crippen molar-refractivity contribution < 1.29 is 4.79 Å². The Balaban J connectivity index is 1.66. The molecule has 0 fully saturated rings. The molecule has 0 saturated carbocycles. The van der Waals surface area contributed by atoms with Crippen LogP contribution in [0.4, 0.5) is 4.79 Å². The van der Waals surface area contributed by atoms with Crippen molar-refractivity contribution in [2.75, 3.05) is 0 Å². The summed E-state index contributed by atoms with van der Waals surface area (Å²) >= 11 is 0. The fourth-order valence-electron chi connectivity index (χ4n) is 2.08. The third kappa shape index (κ3) is 4.14. The molecule has 5 nitrogen and oxygen atoms in total. The van der Waals surface area contributed by atoms with Gasteiger partial charge in [-0.25, -0.2) is 9.48 Å². The molecule has 0 radical (unpaired) electrons. The minimum absolute atomic E-state index is 0.381. The van der Waals surface area contributed by atoms with Crippen molar-refractivity contribution in [3.8, 4) is 5.69 Å². The maximum atomic E-state index is 11.8. The number of amides is 2. The average molecular weight is 304 g/mol. The van der Waals surface area contributed by atoms with Crippen molar-refractivity contribution >= 4 is 6.03 Å². The molecule has 3 rings (SSSR count). The van der Waals surface area contributed by atoms with Crippen LogP contribution in [0.1, 0.15) is 5.56 Å². The van der Waals surface area contributed by atoms with Crippen LogP contribution in [0.25, 0.3) is 5.69 Å². The van der Waals surface area contributed by atoms with E-state index in [0.29, 0.717) is 11.9 Å². The van der Waals surface area contributed by atoms with Gasteiger partial charge in [-0.3, -0.25) is 0 Å². The highest BCUT2D eigenvalue weighted by atomic mass is 16.2. The number of benzene rings is 2. The SMILES string of the molecule is O=C(N=c1ccn(-c2ccccc2)nc1)NCc1ccccc1. The lowest BCUT2D eigenvalue weighted by molar-refractivity contribution is 0.248. The number of rotatable bonds is 3. The van der Waals surface area contributed by atoms with Crippen LogP contribution in [0.3, 0.4) is 0 Å². The van der Waals surface area contributed by atoms with E-state index in [0.717, 1.165) is 11.3 Å². The van der Waals surface area contributed by atoms with Crippen molar-refractivity contribution in [3.63, 3.8) is 0 Å². The van der Waals surface area contributed by atoms with E-state index in [1.807, 2.05) is 60.7 Å². The molecule has 114 valence electrons. The van der Waals surface area contributed by atoms with Crippen LogP contribution >= 0.6 is 0 Å². The molecule has 0 aliphatic carbocycles.